The van der Waals surface area contributed by atoms with Crippen LogP contribution in [-0.4, -0.2) is 21.8 Å². The second-order valence-corrected chi connectivity index (χ2v) is 5.87. The van der Waals surface area contributed by atoms with Crippen LogP contribution in [0.5, 0.6) is 0 Å². The molecule has 0 radical (unpaired) electrons. The largest absolute Gasteiger partial charge is 0.565 e. The third kappa shape index (κ3) is 25.6. The summed E-state index contributed by atoms with van der Waals surface area (Å²) >= 11 is 9.53. The molecule has 0 heterocycles. The standard InChI is InChI=1S/C6H12O.C6H10.CH2Cl2.HO4P.H2/c7-6-4-2-1-3-5-6;1-2-4-6-5-3-1;2-1-3;1-4-5(2)3;/h6-7H,1-5H2;1-2H,3-6H2;1H2;1H;1H. The lowest BCUT2D eigenvalue weighted by Gasteiger charge is -2.14. The molecule has 0 aromatic heterocycles. The Morgan fingerprint density at radius 3 is 1.67 bits per heavy atom. The highest BCUT2D eigenvalue weighted by molar-refractivity contribution is 7.30. The minimum absolute atomic E-state index is 0. The van der Waals surface area contributed by atoms with Gasteiger partial charge in [0.25, 0.3) is 0 Å². The number of halogens is 2. The Balaban J connectivity index is -0.000000225. The van der Waals surface area contributed by atoms with Gasteiger partial charge >= 0.3 is 8.25 Å². The number of rotatable bonds is 1. The van der Waals surface area contributed by atoms with Gasteiger partial charge < -0.3 is 10.00 Å². The van der Waals surface area contributed by atoms with Crippen LogP contribution in [0.15, 0.2) is 12.2 Å². The molecule has 1 saturated carbocycles. The molecule has 5 nitrogen and oxygen atoms in total. The van der Waals surface area contributed by atoms with E-state index in [2.05, 4.69) is 16.8 Å². The van der Waals surface area contributed by atoms with Gasteiger partial charge in [-0.05, 0) is 43.1 Å². The average Bonchev–Trinajstić information content (AvgIpc) is 2.52. The fourth-order valence-electron chi connectivity index (χ4n) is 1.84. The molecule has 0 aromatic rings. The number of alkyl halides is 2. The van der Waals surface area contributed by atoms with Gasteiger partial charge in [0.1, 0.15) is 0 Å². The minimum Gasteiger partial charge on any atom is -0.565 e. The number of allylic oxidation sites excluding steroid dienone is 2. The van der Waals surface area contributed by atoms with Crippen molar-refractivity contribution in [1.82, 2.24) is 0 Å². The second kappa shape index (κ2) is 20.3. The van der Waals surface area contributed by atoms with Crippen LogP contribution in [0, 0.1) is 0 Å². The van der Waals surface area contributed by atoms with Crippen molar-refractivity contribution in [2.45, 2.75) is 63.9 Å². The zero-order valence-corrected chi connectivity index (χ0v) is 14.5. The first-order chi connectivity index (χ1) is 10.1. The van der Waals surface area contributed by atoms with Crippen LogP contribution in [0.2, 0.25) is 0 Å². The zero-order valence-electron chi connectivity index (χ0n) is 12.1. The lowest BCUT2D eigenvalue weighted by molar-refractivity contribution is -0.244. The Morgan fingerprint density at radius 1 is 1.14 bits per heavy atom. The molecule has 21 heavy (non-hydrogen) atoms. The van der Waals surface area contributed by atoms with E-state index in [-0.39, 0.29) is 12.9 Å². The van der Waals surface area contributed by atoms with Gasteiger partial charge in [-0.2, -0.15) is 0 Å². The monoisotopic (exact) mass is 364 g/mol. The Morgan fingerprint density at radius 2 is 1.52 bits per heavy atom. The Bertz CT molecular complexity index is 247. The van der Waals surface area contributed by atoms with Gasteiger partial charge in [-0.25, -0.2) is 5.26 Å². The van der Waals surface area contributed by atoms with Gasteiger partial charge in [-0.3, -0.25) is 0 Å². The van der Waals surface area contributed by atoms with Crippen LogP contribution in [0.25, 0.3) is 0 Å². The van der Waals surface area contributed by atoms with Gasteiger partial charge in [-0.1, -0.05) is 31.4 Å². The molecule has 8 heteroatoms. The SMILES string of the molecule is C1=CCCCC1.ClCCl.O=[P+]([O-])OO.OC1CCCCC1.[HH]. The summed E-state index contributed by atoms with van der Waals surface area (Å²) in [4.78, 5) is 8.93. The molecule has 0 bridgehead atoms. The van der Waals surface area contributed by atoms with Gasteiger partial charge in [0, 0.05) is 6.10 Å². The molecule has 0 spiro atoms. The summed E-state index contributed by atoms with van der Waals surface area (Å²) in [6, 6.07) is 0. The van der Waals surface area contributed by atoms with Crippen molar-refractivity contribution in [3.05, 3.63) is 12.2 Å². The molecule has 0 aliphatic heterocycles. The lowest BCUT2D eigenvalue weighted by Crippen LogP contribution is -2.09. The maximum Gasteiger partial charge on any atom is 0.521 e. The Kier molecular flexibility index (Phi) is 22.7. The van der Waals surface area contributed by atoms with Gasteiger partial charge in [0.05, 0.1) is 11.4 Å². The number of hydrogen-bond donors (Lipinski definition) is 2. The predicted octanol–water partition coefficient (Wildman–Crippen LogP) is 4.59. The smallest absolute Gasteiger partial charge is 0.521 e. The van der Waals surface area contributed by atoms with Crippen LogP contribution in [0.3, 0.4) is 0 Å². The summed E-state index contributed by atoms with van der Waals surface area (Å²) < 4.78 is 11.6. The average molecular weight is 365 g/mol. The normalized spacial score (nSPS) is 18.0. The molecule has 1 fully saturated rings. The molecule has 0 amide bonds. The summed E-state index contributed by atoms with van der Waals surface area (Å²) in [6.07, 6.45) is 15.9. The summed E-state index contributed by atoms with van der Waals surface area (Å²) in [7, 11) is -3.04. The Labute approximate surface area is 139 Å². The quantitative estimate of drug-likeness (QED) is 0.233. The van der Waals surface area contributed by atoms with Crippen molar-refractivity contribution < 1.29 is 25.9 Å². The second-order valence-electron chi connectivity index (χ2n) is 4.45. The summed E-state index contributed by atoms with van der Waals surface area (Å²) in [5.74, 6) is 0. The fourth-order valence-corrected chi connectivity index (χ4v) is 1.84. The first-order valence-electron chi connectivity index (χ1n) is 6.99. The van der Waals surface area contributed by atoms with E-state index < -0.39 is 8.25 Å². The highest BCUT2D eigenvalue weighted by Gasteiger charge is 2.07. The van der Waals surface area contributed by atoms with E-state index in [1.165, 1.54) is 44.9 Å². The highest BCUT2D eigenvalue weighted by atomic mass is 35.5. The fraction of sp³-hybridized carbons (Fsp3) is 0.846. The molecule has 0 saturated heterocycles. The maximum absolute atomic E-state index is 8.93. The molecule has 2 aliphatic rings. The van der Waals surface area contributed by atoms with Crippen molar-refractivity contribution in [2.75, 3.05) is 5.34 Å². The highest BCUT2D eigenvalue weighted by Crippen LogP contribution is 2.16. The van der Waals surface area contributed by atoms with Gasteiger partial charge in [0.15, 0.2) is 0 Å². The zero-order chi connectivity index (χ0) is 16.3. The molecular formula is C13H27Cl2O5P. The Hall–Kier alpha value is 0.260. The predicted molar refractivity (Wildman–Crippen MR) is 86.7 cm³/mol. The van der Waals surface area contributed by atoms with Crippen molar-refractivity contribution in [3.63, 3.8) is 0 Å². The van der Waals surface area contributed by atoms with Crippen LogP contribution in [0.4, 0.5) is 0 Å². The molecule has 128 valence electrons. The van der Waals surface area contributed by atoms with E-state index in [0.717, 1.165) is 12.8 Å². The molecule has 2 rings (SSSR count). The summed E-state index contributed by atoms with van der Waals surface area (Å²) in [5.41, 5.74) is 0. The topological polar surface area (TPSA) is 89.8 Å². The molecule has 0 aromatic carbocycles. The van der Waals surface area contributed by atoms with Crippen LogP contribution >= 0.6 is 31.5 Å². The van der Waals surface area contributed by atoms with Gasteiger partial charge in [0.2, 0.25) is 0 Å². The first-order valence-corrected chi connectivity index (χ1v) is 9.15. The van der Waals surface area contributed by atoms with E-state index in [1.807, 2.05) is 0 Å². The van der Waals surface area contributed by atoms with E-state index in [4.69, 9.17) is 43.0 Å². The van der Waals surface area contributed by atoms with E-state index in [9.17, 15) is 0 Å². The van der Waals surface area contributed by atoms with E-state index in [1.54, 1.807) is 0 Å². The third-order valence-electron chi connectivity index (χ3n) is 2.80. The molecule has 2 aliphatic carbocycles. The van der Waals surface area contributed by atoms with Crippen molar-refractivity contribution in [3.8, 4) is 0 Å². The molecular weight excluding hydrogens is 338 g/mol. The third-order valence-corrected chi connectivity index (χ3v) is 2.93. The lowest BCUT2D eigenvalue weighted by atomic mass is 9.98. The van der Waals surface area contributed by atoms with E-state index in [0.29, 0.717) is 0 Å². The number of aliphatic hydroxyl groups is 1. The molecule has 1 atom stereocenters. The van der Waals surface area contributed by atoms with Gasteiger partial charge in [-0.15, -0.1) is 23.2 Å². The van der Waals surface area contributed by atoms with E-state index >= 15 is 0 Å². The minimum atomic E-state index is -3.04. The summed E-state index contributed by atoms with van der Waals surface area (Å²) in [6.45, 7) is 0. The van der Waals surface area contributed by atoms with Crippen molar-refractivity contribution >= 4 is 31.5 Å². The van der Waals surface area contributed by atoms with Crippen LogP contribution in [-0.2, 0) is 9.24 Å². The van der Waals surface area contributed by atoms with Crippen LogP contribution in [0.1, 0.15) is 59.2 Å². The van der Waals surface area contributed by atoms with Crippen molar-refractivity contribution in [1.29, 1.82) is 0 Å². The molecule has 1 unspecified atom stereocenters. The first kappa shape index (κ1) is 23.5. The number of hydrogen-bond acceptors (Lipinski definition) is 5. The molecule has 2 N–H and O–H groups in total. The van der Waals surface area contributed by atoms with Crippen LogP contribution < -0.4 is 4.89 Å². The maximum atomic E-state index is 8.93. The number of aliphatic hydroxyl groups excluding tert-OH is 1. The summed E-state index contributed by atoms with van der Waals surface area (Å²) in [5, 5.41) is 16.2. The van der Waals surface area contributed by atoms with Crippen molar-refractivity contribution in [2.24, 2.45) is 0 Å².